The van der Waals surface area contributed by atoms with Gasteiger partial charge in [-0.15, -0.1) is 0 Å². The molecule has 0 fully saturated rings. The van der Waals surface area contributed by atoms with E-state index in [4.69, 9.17) is 0 Å². The van der Waals surface area contributed by atoms with Gasteiger partial charge in [0.15, 0.2) is 6.17 Å². The highest BCUT2D eigenvalue weighted by Crippen LogP contribution is 2.64. The van der Waals surface area contributed by atoms with Gasteiger partial charge in [-0.1, -0.05) is 6.92 Å². The topological polar surface area (TPSA) is 0 Å². The lowest BCUT2D eigenvalue weighted by Crippen LogP contribution is -2.75. The molecule has 1 unspecified atom stereocenters. The van der Waals surface area contributed by atoms with E-state index in [0.29, 0.717) is 0 Å². The molecule has 29 heavy (non-hydrogen) atoms. The van der Waals surface area contributed by atoms with Crippen LogP contribution >= 0.6 is 0 Å². The van der Waals surface area contributed by atoms with Crippen LogP contribution in [0, 0.1) is 0 Å². The van der Waals surface area contributed by atoms with E-state index in [1.165, 1.54) is 0 Å². The van der Waals surface area contributed by atoms with Crippen molar-refractivity contribution in [2.45, 2.75) is 67.2 Å². The minimum absolute atomic E-state index is 0.234. The van der Waals surface area contributed by atoms with Crippen molar-refractivity contribution in [3.63, 3.8) is 0 Å². The molecule has 0 saturated carbocycles. The van der Waals surface area contributed by atoms with Crippen molar-refractivity contribution in [1.29, 1.82) is 0 Å². The Morgan fingerprint density at radius 3 is 0.931 bits per heavy atom. The van der Waals surface area contributed by atoms with Crippen LogP contribution in [0.2, 0.25) is 0 Å². The molecule has 0 radical (unpaired) electrons. The zero-order chi connectivity index (χ0) is 24.3. The zero-order valence-electron chi connectivity index (χ0n) is 13.1. The Hall–Kier alpha value is -1.26. The van der Waals surface area contributed by atoms with Crippen molar-refractivity contribution in [3.8, 4) is 0 Å². The highest BCUT2D eigenvalue weighted by atomic mass is 19.4. The van der Waals surface area contributed by atoms with Gasteiger partial charge in [-0.2, -0.15) is 74.6 Å². The summed E-state index contributed by atoms with van der Waals surface area (Å²) < 4.78 is 230. The highest BCUT2D eigenvalue weighted by molar-refractivity contribution is 5.15. The smallest absolute Gasteiger partial charge is 0.241 e. The van der Waals surface area contributed by atoms with E-state index in [2.05, 4.69) is 0 Å². The first-order valence-corrected chi connectivity index (χ1v) is 6.58. The van der Waals surface area contributed by atoms with Crippen molar-refractivity contribution in [2.75, 3.05) is 0 Å². The van der Waals surface area contributed by atoms with Gasteiger partial charge < -0.3 is 0 Å². The Bertz CT molecular complexity index is 583. The molecule has 0 saturated heterocycles. The fraction of sp³-hybridized carbons (Fsp3) is 1.00. The summed E-state index contributed by atoms with van der Waals surface area (Å²) >= 11 is 0. The third kappa shape index (κ3) is 3.37. The van der Waals surface area contributed by atoms with E-state index in [0.717, 1.165) is 0 Å². The third-order valence-corrected chi connectivity index (χ3v) is 3.50. The molecule has 0 aromatic carbocycles. The number of hydrogen-bond donors (Lipinski definition) is 0. The van der Waals surface area contributed by atoms with Crippen molar-refractivity contribution in [3.05, 3.63) is 0 Å². The van der Waals surface area contributed by atoms with E-state index < -0.39 is 60.2 Å². The van der Waals surface area contributed by atoms with Crippen LogP contribution in [0.15, 0.2) is 0 Å². The molecule has 0 aromatic rings. The van der Waals surface area contributed by atoms with Crippen LogP contribution in [0.1, 0.15) is 13.3 Å². The van der Waals surface area contributed by atoms with Crippen LogP contribution in [0.25, 0.3) is 0 Å². The summed E-state index contributed by atoms with van der Waals surface area (Å²) in [5.74, 6) is -57.5. The molecule has 0 aliphatic heterocycles. The molecule has 176 valence electrons. The SMILES string of the molecule is CCC(F)C(F)(F)C(F)(F)C(F)(F)C(F)(F)C(F)(F)C(F)(F)C(F)(F)C(F)(F)F. The van der Waals surface area contributed by atoms with Gasteiger partial charge in [0.1, 0.15) is 0 Å². The molecule has 0 aliphatic carbocycles. The van der Waals surface area contributed by atoms with Gasteiger partial charge in [-0.3, -0.25) is 0 Å². The molecule has 18 heteroatoms. The Morgan fingerprint density at radius 1 is 0.448 bits per heavy atom. The second-order valence-electron chi connectivity index (χ2n) is 5.44. The maximum absolute atomic E-state index is 13.2. The van der Waals surface area contributed by atoms with Crippen molar-refractivity contribution < 1.29 is 79.0 Å². The molecule has 0 spiro atoms. The molecule has 0 aromatic heterocycles. The third-order valence-electron chi connectivity index (χ3n) is 3.50. The van der Waals surface area contributed by atoms with Gasteiger partial charge in [0, 0.05) is 0 Å². The van der Waals surface area contributed by atoms with E-state index >= 15 is 0 Å². The Kier molecular flexibility index (Phi) is 6.58. The first-order valence-electron chi connectivity index (χ1n) is 6.58. The predicted molar refractivity (Wildman–Crippen MR) is 55.9 cm³/mol. The van der Waals surface area contributed by atoms with Gasteiger partial charge in [0.2, 0.25) is 0 Å². The van der Waals surface area contributed by atoms with Gasteiger partial charge in [0.05, 0.1) is 0 Å². The average molecular weight is 480 g/mol. The second-order valence-corrected chi connectivity index (χ2v) is 5.44. The first kappa shape index (κ1) is 27.7. The molecule has 1 atom stereocenters. The molecular weight excluding hydrogens is 474 g/mol. The molecule has 0 bridgehead atoms. The van der Waals surface area contributed by atoms with Crippen LogP contribution in [0.5, 0.6) is 0 Å². The molecule has 0 aliphatic rings. The first-order chi connectivity index (χ1) is 12.2. The van der Waals surface area contributed by atoms with Crippen LogP contribution in [0.3, 0.4) is 0 Å². The minimum Gasteiger partial charge on any atom is -0.241 e. The fourth-order valence-electron chi connectivity index (χ4n) is 1.63. The van der Waals surface area contributed by atoms with Gasteiger partial charge in [-0.25, -0.2) is 4.39 Å². The monoisotopic (exact) mass is 480 g/mol. The summed E-state index contributed by atoms with van der Waals surface area (Å²) in [6.45, 7) is 0.234. The summed E-state index contributed by atoms with van der Waals surface area (Å²) in [6.07, 6.45) is -14.1. The summed E-state index contributed by atoms with van der Waals surface area (Å²) in [5, 5.41) is 0. The van der Waals surface area contributed by atoms with Crippen LogP contribution < -0.4 is 0 Å². The van der Waals surface area contributed by atoms with Crippen molar-refractivity contribution in [1.82, 2.24) is 0 Å². The number of rotatable bonds is 8. The molecule has 0 nitrogen and oxygen atoms in total. The summed E-state index contributed by atoms with van der Waals surface area (Å²) in [5.41, 5.74) is 0. The number of halogens is 18. The maximum atomic E-state index is 13.2. The normalized spacial score (nSPS) is 17.5. The lowest BCUT2D eigenvalue weighted by molar-refractivity contribution is -0.463. The minimum atomic E-state index is -8.69. The quantitative estimate of drug-likeness (QED) is 0.338. The standard InChI is InChI=1S/C11H6F18/c1-2-3(12)4(13,14)5(15,16)6(17,18)7(19,20)8(21,22)9(23,24)10(25,26)11(27,28)29/h3H,2H2,1H3. The second kappa shape index (κ2) is 6.88. The van der Waals surface area contributed by atoms with Gasteiger partial charge in [0.25, 0.3) is 0 Å². The van der Waals surface area contributed by atoms with Crippen LogP contribution in [0.4, 0.5) is 79.0 Å². The molecule has 0 rings (SSSR count). The number of hydrogen-bond acceptors (Lipinski definition) is 0. The van der Waals surface area contributed by atoms with E-state index in [-0.39, 0.29) is 6.92 Å². The van der Waals surface area contributed by atoms with E-state index in [9.17, 15) is 79.0 Å². The average Bonchev–Trinajstić information content (AvgIpc) is 2.51. The van der Waals surface area contributed by atoms with Crippen LogP contribution in [-0.4, -0.2) is 53.8 Å². The molecular formula is C11H6F18. The summed E-state index contributed by atoms with van der Waals surface area (Å²) in [7, 11) is 0. The molecule has 0 heterocycles. The molecule has 0 N–H and O–H groups in total. The Labute approximate surface area is 147 Å². The largest absolute Gasteiger partial charge is 0.460 e. The lowest BCUT2D eigenvalue weighted by Gasteiger charge is -2.43. The van der Waals surface area contributed by atoms with E-state index in [1.54, 1.807) is 0 Å². The Balaban J connectivity index is 6.73. The maximum Gasteiger partial charge on any atom is 0.460 e. The van der Waals surface area contributed by atoms with Crippen molar-refractivity contribution in [2.24, 2.45) is 0 Å². The lowest BCUT2D eigenvalue weighted by atomic mass is 9.87. The van der Waals surface area contributed by atoms with E-state index in [1.807, 2.05) is 0 Å². The molecule has 0 amide bonds. The predicted octanol–water partition coefficient (Wildman–Crippen LogP) is 6.74. The summed E-state index contributed by atoms with van der Waals surface area (Å²) in [6, 6.07) is 0. The van der Waals surface area contributed by atoms with Crippen molar-refractivity contribution >= 4 is 0 Å². The number of alkyl halides is 18. The zero-order valence-corrected chi connectivity index (χ0v) is 13.1. The highest BCUT2D eigenvalue weighted by Gasteiger charge is 2.95. The fourth-order valence-corrected chi connectivity index (χ4v) is 1.63. The van der Waals surface area contributed by atoms with Crippen LogP contribution in [-0.2, 0) is 0 Å². The van der Waals surface area contributed by atoms with Gasteiger partial charge in [-0.05, 0) is 6.42 Å². The Morgan fingerprint density at radius 2 is 0.690 bits per heavy atom. The summed E-state index contributed by atoms with van der Waals surface area (Å²) in [4.78, 5) is 0. The van der Waals surface area contributed by atoms with Gasteiger partial charge >= 0.3 is 47.6 Å².